The maximum absolute atomic E-state index is 4.98. The van der Waals surface area contributed by atoms with Gasteiger partial charge in [-0.25, -0.2) is 0 Å². The van der Waals surface area contributed by atoms with E-state index in [0.717, 1.165) is 9.47 Å². The molecule has 2 rings (SSSR count). The van der Waals surface area contributed by atoms with E-state index in [-0.39, 0.29) is 27.3 Å². The Labute approximate surface area is 93.6 Å². The largest absolute Gasteiger partial charge is 0.337 e. The van der Waals surface area contributed by atoms with E-state index in [1.165, 1.54) is 4.70 Å². The second-order valence-corrected chi connectivity index (χ2v) is 3.73. The molecule has 0 amide bonds. The Morgan fingerprint density at radius 3 is 2.73 bits per heavy atom. The quantitative estimate of drug-likeness (QED) is 0.554. The van der Waals surface area contributed by atoms with Crippen LogP contribution in [0, 0.1) is 3.95 Å². The maximum Gasteiger partial charge on any atom is 0.159 e. The first-order chi connectivity index (χ1) is 4.86. The van der Waals surface area contributed by atoms with Crippen LogP contribution >= 0.6 is 23.6 Å². The normalized spacial score (nSPS) is 9.45. The molecule has 0 bridgehead atoms. The van der Waals surface area contributed by atoms with Crippen molar-refractivity contribution in [2.24, 2.45) is 0 Å². The average molecular weight is 374 g/mol. The van der Waals surface area contributed by atoms with Crippen molar-refractivity contribution in [2.75, 3.05) is 0 Å². The van der Waals surface area contributed by atoms with Crippen molar-refractivity contribution in [3.8, 4) is 0 Å². The number of fused-ring (bicyclic) bond motifs is 1. The van der Waals surface area contributed by atoms with Gasteiger partial charge in [-0.1, -0.05) is 12.1 Å². The minimum absolute atomic E-state index is 0. The number of hydrogen-bond acceptors (Lipinski definition) is 2. The molecule has 0 fully saturated rings. The van der Waals surface area contributed by atoms with Gasteiger partial charge in [0.25, 0.3) is 0 Å². The minimum atomic E-state index is 0. The van der Waals surface area contributed by atoms with Gasteiger partial charge in [-0.05, 0) is 24.4 Å². The SMILES string of the molecule is S=c1[nH]c2ccccc2s1.[Pb]. The Kier molecular flexibility index (Phi) is 3.20. The Morgan fingerprint density at radius 1 is 1.27 bits per heavy atom. The van der Waals surface area contributed by atoms with Crippen molar-refractivity contribution in [1.82, 2.24) is 4.98 Å². The molecule has 0 spiro atoms. The topological polar surface area (TPSA) is 15.8 Å². The zero-order valence-electron chi connectivity index (χ0n) is 5.63. The van der Waals surface area contributed by atoms with Crippen LogP contribution in [0.25, 0.3) is 10.2 Å². The summed E-state index contributed by atoms with van der Waals surface area (Å²) in [6, 6.07) is 8.11. The van der Waals surface area contributed by atoms with Crippen LogP contribution in [0.15, 0.2) is 24.3 Å². The van der Waals surface area contributed by atoms with Crippen molar-refractivity contribution in [2.45, 2.75) is 0 Å². The molecule has 54 valence electrons. The molecule has 1 N–H and O–H groups in total. The van der Waals surface area contributed by atoms with Gasteiger partial charge in [0.05, 0.1) is 10.2 Å². The molecular weight excluding hydrogens is 369 g/mol. The molecule has 1 nitrogen and oxygen atoms in total. The third-order valence-corrected chi connectivity index (χ3v) is 2.54. The van der Waals surface area contributed by atoms with Gasteiger partial charge in [0.1, 0.15) is 0 Å². The van der Waals surface area contributed by atoms with Gasteiger partial charge in [-0.2, -0.15) is 0 Å². The van der Waals surface area contributed by atoms with Gasteiger partial charge in [-0.3, -0.25) is 0 Å². The zero-order chi connectivity index (χ0) is 6.97. The van der Waals surface area contributed by atoms with Gasteiger partial charge in [-0.15, -0.1) is 11.3 Å². The van der Waals surface area contributed by atoms with Crippen LogP contribution in [0.3, 0.4) is 0 Å². The molecule has 11 heavy (non-hydrogen) atoms. The van der Waals surface area contributed by atoms with Gasteiger partial charge in [0.15, 0.2) is 3.95 Å². The van der Waals surface area contributed by atoms with E-state index in [2.05, 4.69) is 11.1 Å². The van der Waals surface area contributed by atoms with Crippen LogP contribution in [0.2, 0.25) is 0 Å². The predicted molar refractivity (Wildman–Crippen MR) is 52.8 cm³/mol. The second-order valence-electron chi connectivity index (χ2n) is 2.01. The monoisotopic (exact) mass is 375 g/mol. The molecule has 1 heterocycles. The third kappa shape index (κ3) is 1.88. The smallest absolute Gasteiger partial charge is 0.159 e. The maximum atomic E-state index is 4.98. The van der Waals surface area contributed by atoms with Crippen LogP contribution in [-0.2, 0) is 0 Å². The number of aromatic amines is 1. The predicted octanol–water partition coefficient (Wildman–Crippen LogP) is 2.58. The van der Waals surface area contributed by atoms with Gasteiger partial charge in [0.2, 0.25) is 0 Å². The molecule has 0 aliphatic carbocycles. The summed E-state index contributed by atoms with van der Waals surface area (Å²) >= 11 is 6.59. The van der Waals surface area contributed by atoms with Crippen LogP contribution in [0.4, 0.5) is 0 Å². The average Bonchev–Trinajstić information content (AvgIpc) is 2.27. The third-order valence-electron chi connectivity index (χ3n) is 1.33. The van der Waals surface area contributed by atoms with E-state index in [1.807, 2.05) is 18.2 Å². The molecule has 4 radical (unpaired) electrons. The Balaban J connectivity index is 0.000000605. The van der Waals surface area contributed by atoms with E-state index in [4.69, 9.17) is 12.2 Å². The molecule has 1 aromatic heterocycles. The first-order valence-electron chi connectivity index (χ1n) is 2.94. The van der Waals surface area contributed by atoms with E-state index in [0.29, 0.717) is 0 Å². The summed E-state index contributed by atoms with van der Waals surface area (Å²) in [5.41, 5.74) is 1.14. The van der Waals surface area contributed by atoms with E-state index < -0.39 is 0 Å². The molecule has 4 heteroatoms. The molecule has 0 saturated carbocycles. The van der Waals surface area contributed by atoms with Crippen molar-refractivity contribution in [3.63, 3.8) is 0 Å². The summed E-state index contributed by atoms with van der Waals surface area (Å²) in [7, 11) is 0. The summed E-state index contributed by atoms with van der Waals surface area (Å²) in [4.78, 5) is 3.09. The number of thiazole rings is 1. The number of aromatic nitrogens is 1. The van der Waals surface area contributed by atoms with Crippen molar-refractivity contribution >= 4 is 61.1 Å². The number of H-pyrrole nitrogens is 1. The Morgan fingerprint density at radius 2 is 2.00 bits per heavy atom. The number of para-hydroxylation sites is 1. The zero-order valence-corrected chi connectivity index (χ0v) is 11.1. The molecule has 1 aromatic carbocycles. The first-order valence-corrected chi connectivity index (χ1v) is 4.16. The number of nitrogens with one attached hydrogen (secondary N) is 1. The second kappa shape index (κ2) is 3.77. The van der Waals surface area contributed by atoms with Gasteiger partial charge in [0, 0.05) is 27.3 Å². The first kappa shape index (κ1) is 9.34. The standard InChI is InChI=1S/C7H5NS2.Pb/c9-7-8-5-3-1-2-4-6(5)10-7;/h1-4H,(H,8,9);. The van der Waals surface area contributed by atoms with E-state index in [1.54, 1.807) is 11.3 Å². The molecule has 0 saturated heterocycles. The molecule has 0 atom stereocenters. The molecular formula is C7H5NPbS2. The van der Waals surface area contributed by atoms with Crippen molar-refractivity contribution < 1.29 is 0 Å². The van der Waals surface area contributed by atoms with Crippen molar-refractivity contribution in [1.29, 1.82) is 0 Å². The summed E-state index contributed by atoms with van der Waals surface area (Å²) in [6.45, 7) is 0. The van der Waals surface area contributed by atoms with Crippen LogP contribution in [0.5, 0.6) is 0 Å². The van der Waals surface area contributed by atoms with Crippen LogP contribution in [0.1, 0.15) is 0 Å². The Hall–Kier alpha value is 0.252. The fourth-order valence-corrected chi connectivity index (χ4v) is 2.01. The summed E-state index contributed by atoms with van der Waals surface area (Å²) < 4.78 is 2.08. The van der Waals surface area contributed by atoms with Crippen molar-refractivity contribution in [3.05, 3.63) is 28.2 Å². The summed E-state index contributed by atoms with van der Waals surface area (Å²) in [6.07, 6.45) is 0. The van der Waals surface area contributed by atoms with Gasteiger partial charge < -0.3 is 4.98 Å². The van der Waals surface area contributed by atoms with E-state index >= 15 is 0 Å². The fraction of sp³-hybridized carbons (Fsp3) is 0. The fourth-order valence-electron chi connectivity index (χ4n) is 0.894. The summed E-state index contributed by atoms with van der Waals surface area (Å²) in [5, 5.41) is 0. The number of hydrogen-bond donors (Lipinski definition) is 1. The minimum Gasteiger partial charge on any atom is -0.337 e. The number of benzene rings is 1. The summed E-state index contributed by atoms with van der Waals surface area (Å²) in [5.74, 6) is 0. The van der Waals surface area contributed by atoms with E-state index in [9.17, 15) is 0 Å². The molecule has 0 aliphatic heterocycles. The van der Waals surface area contributed by atoms with Crippen LogP contribution < -0.4 is 0 Å². The molecule has 0 unspecified atom stereocenters. The van der Waals surface area contributed by atoms with Crippen LogP contribution in [-0.4, -0.2) is 32.3 Å². The number of rotatable bonds is 0. The van der Waals surface area contributed by atoms with Gasteiger partial charge >= 0.3 is 0 Å². The Bertz CT molecular complexity index is 368. The molecule has 0 aliphatic rings. The molecule has 2 aromatic rings.